The first-order chi connectivity index (χ1) is 16.0. The van der Waals surface area contributed by atoms with Gasteiger partial charge in [0.1, 0.15) is 17.4 Å². The minimum atomic E-state index is -4.72. The van der Waals surface area contributed by atoms with Crippen LogP contribution in [0.4, 0.5) is 26.3 Å². The maximum atomic E-state index is 13.7. The molecule has 0 aliphatic carbocycles. The van der Waals surface area contributed by atoms with Crippen molar-refractivity contribution in [2.75, 3.05) is 13.2 Å². The van der Waals surface area contributed by atoms with Crippen molar-refractivity contribution in [2.24, 2.45) is 5.73 Å². The Bertz CT molecular complexity index is 1270. The van der Waals surface area contributed by atoms with Gasteiger partial charge in [0, 0.05) is 11.1 Å². The number of hydrogen-bond donors (Lipinski definition) is 1. The van der Waals surface area contributed by atoms with Gasteiger partial charge in [-0.3, -0.25) is 0 Å². The predicted molar refractivity (Wildman–Crippen MR) is 109 cm³/mol. The number of halogens is 6. The third-order valence-electron chi connectivity index (χ3n) is 5.51. The van der Waals surface area contributed by atoms with Crippen molar-refractivity contribution in [3.63, 3.8) is 0 Å². The normalized spacial score (nSPS) is 20.1. The highest BCUT2D eigenvalue weighted by Crippen LogP contribution is 2.47. The summed E-state index contributed by atoms with van der Waals surface area (Å²) in [6, 6.07) is 11.4. The molecule has 176 valence electrons. The molecular formula is C24H16F6N2O2. The third-order valence-corrected chi connectivity index (χ3v) is 5.51. The summed E-state index contributed by atoms with van der Waals surface area (Å²) in [6.45, 7) is -0.350. The molecule has 0 saturated carbocycles. The fourth-order valence-electron chi connectivity index (χ4n) is 4.08. The van der Waals surface area contributed by atoms with Gasteiger partial charge in [0.15, 0.2) is 0 Å². The van der Waals surface area contributed by atoms with Crippen LogP contribution in [0.5, 0.6) is 0 Å². The lowest BCUT2D eigenvalue weighted by Crippen LogP contribution is -2.29. The first kappa shape index (κ1) is 23.4. The van der Waals surface area contributed by atoms with Gasteiger partial charge in [-0.1, -0.05) is 36.4 Å². The van der Waals surface area contributed by atoms with E-state index in [9.17, 15) is 31.6 Å². The van der Waals surface area contributed by atoms with Gasteiger partial charge in [0.25, 0.3) is 0 Å². The van der Waals surface area contributed by atoms with Crippen LogP contribution in [-0.2, 0) is 21.8 Å². The first-order valence-electron chi connectivity index (χ1n) is 9.94. The largest absolute Gasteiger partial charge is 0.440 e. The molecule has 0 aromatic heterocycles. The van der Waals surface area contributed by atoms with Crippen LogP contribution >= 0.6 is 0 Å². The molecular weight excluding hydrogens is 462 g/mol. The minimum Gasteiger partial charge on any atom is -0.440 e. The number of benzene rings is 2. The van der Waals surface area contributed by atoms with Gasteiger partial charge in [0.05, 0.1) is 30.3 Å². The SMILES string of the molecule is N#CC1=C(N)OC2=C(COC/C2=C/c2ccccc2C(F)(F)F)C1c1ccccc1C(F)(F)F. The molecule has 2 aromatic rings. The number of rotatable bonds is 2. The Kier molecular flexibility index (Phi) is 5.91. The number of allylic oxidation sites excluding steroid dienone is 1. The Morgan fingerprint density at radius 2 is 1.53 bits per heavy atom. The lowest BCUT2D eigenvalue weighted by atomic mass is 9.79. The van der Waals surface area contributed by atoms with Crippen LogP contribution in [0, 0.1) is 11.3 Å². The fourth-order valence-corrected chi connectivity index (χ4v) is 4.08. The number of alkyl halides is 6. The lowest BCUT2D eigenvalue weighted by molar-refractivity contribution is -0.138. The summed E-state index contributed by atoms with van der Waals surface area (Å²) in [5.41, 5.74) is 3.73. The number of nitrogens with zero attached hydrogens (tertiary/aromatic N) is 1. The van der Waals surface area contributed by atoms with Gasteiger partial charge in [-0.05, 0) is 29.3 Å². The molecule has 0 amide bonds. The maximum Gasteiger partial charge on any atom is 0.416 e. The Balaban J connectivity index is 1.91. The van der Waals surface area contributed by atoms with Crippen molar-refractivity contribution >= 4 is 6.08 Å². The topological polar surface area (TPSA) is 68.3 Å². The molecule has 2 N–H and O–H groups in total. The Morgan fingerprint density at radius 3 is 2.18 bits per heavy atom. The smallest absolute Gasteiger partial charge is 0.416 e. The highest BCUT2D eigenvalue weighted by molar-refractivity contribution is 5.65. The van der Waals surface area contributed by atoms with Crippen LogP contribution in [0.15, 0.2) is 76.9 Å². The first-order valence-corrected chi connectivity index (χ1v) is 9.94. The molecule has 0 saturated heterocycles. The number of nitriles is 1. The quantitative estimate of drug-likeness (QED) is 0.546. The third kappa shape index (κ3) is 4.26. The highest BCUT2D eigenvalue weighted by Gasteiger charge is 2.42. The number of ether oxygens (including phenoxy) is 2. The molecule has 4 nitrogen and oxygen atoms in total. The molecule has 34 heavy (non-hydrogen) atoms. The Hall–Kier alpha value is -3.71. The fraction of sp³-hybridized carbons (Fsp3) is 0.208. The maximum absolute atomic E-state index is 13.7. The summed E-state index contributed by atoms with van der Waals surface area (Å²) in [5, 5.41) is 9.65. The highest BCUT2D eigenvalue weighted by atomic mass is 19.4. The van der Waals surface area contributed by atoms with E-state index in [1.807, 2.05) is 6.07 Å². The van der Waals surface area contributed by atoms with Gasteiger partial charge < -0.3 is 15.2 Å². The summed E-state index contributed by atoms with van der Waals surface area (Å²) >= 11 is 0. The predicted octanol–water partition coefficient (Wildman–Crippen LogP) is 5.90. The summed E-state index contributed by atoms with van der Waals surface area (Å²) in [7, 11) is 0. The second-order valence-corrected chi connectivity index (χ2v) is 7.61. The van der Waals surface area contributed by atoms with Crippen LogP contribution in [0.3, 0.4) is 0 Å². The molecule has 2 aromatic carbocycles. The van der Waals surface area contributed by atoms with E-state index in [0.29, 0.717) is 0 Å². The molecule has 0 fully saturated rings. The number of nitrogens with two attached hydrogens (primary N) is 1. The molecule has 0 spiro atoms. The van der Waals surface area contributed by atoms with Crippen molar-refractivity contribution in [1.29, 1.82) is 5.26 Å². The Morgan fingerprint density at radius 1 is 0.912 bits per heavy atom. The van der Waals surface area contributed by atoms with Gasteiger partial charge >= 0.3 is 12.4 Å². The van der Waals surface area contributed by atoms with E-state index < -0.39 is 35.3 Å². The molecule has 2 heterocycles. The summed E-state index contributed by atoms with van der Waals surface area (Å²) in [6.07, 6.45) is -8.14. The van der Waals surface area contributed by atoms with E-state index in [2.05, 4.69) is 0 Å². The molecule has 0 radical (unpaired) electrons. The lowest BCUT2D eigenvalue weighted by Gasteiger charge is -2.34. The van der Waals surface area contributed by atoms with Gasteiger partial charge in [0.2, 0.25) is 5.88 Å². The van der Waals surface area contributed by atoms with Crippen molar-refractivity contribution in [3.05, 3.63) is 99.1 Å². The van der Waals surface area contributed by atoms with E-state index in [1.54, 1.807) is 0 Å². The molecule has 2 aliphatic heterocycles. The van der Waals surface area contributed by atoms with Crippen LogP contribution in [0.25, 0.3) is 6.08 Å². The van der Waals surface area contributed by atoms with E-state index in [1.165, 1.54) is 42.5 Å². The Labute approximate surface area is 190 Å². The molecule has 10 heteroatoms. The van der Waals surface area contributed by atoms with E-state index >= 15 is 0 Å². The van der Waals surface area contributed by atoms with E-state index in [0.717, 1.165) is 12.1 Å². The molecule has 1 atom stereocenters. The van der Waals surface area contributed by atoms with Crippen LogP contribution in [-0.4, -0.2) is 13.2 Å². The zero-order valence-electron chi connectivity index (χ0n) is 17.3. The second-order valence-electron chi connectivity index (χ2n) is 7.61. The van der Waals surface area contributed by atoms with Crippen molar-refractivity contribution in [1.82, 2.24) is 0 Å². The van der Waals surface area contributed by atoms with Crippen molar-refractivity contribution in [2.45, 2.75) is 18.3 Å². The van der Waals surface area contributed by atoms with Gasteiger partial charge in [-0.25, -0.2) is 0 Å². The zero-order valence-corrected chi connectivity index (χ0v) is 17.3. The summed E-state index contributed by atoms with van der Waals surface area (Å²) in [5.74, 6) is -1.66. The van der Waals surface area contributed by atoms with Gasteiger partial charge in [-0.15, -0.1) is 0 Å². The van der Waals surface area contributed by atoms with E-state index in [4.69, 9.17) is 15.2 Å². The zero-order chi connectivity index (χ0) is 24.7. The minimum absolute atomic E-state index is 0.00158. The molecule has 1 unspecified atom stereocenters. The molecule has 2 aliphatic rings. The standard InChI is InChI=1S/C24H16F6N2O2/c25-23(26,27)18-7-3-1-5-13(18)9-14-11-33-12-17-20(16(10-31)22(32)34-21(14)17)15-6-2-4-8-19(15)24(28,29)30/h1-9,20H,11-12,32H2/b14-9-. The summed E-state index contributed by atoms with van der Waals surface area (Å²) < 4.78 is 92.7. The van der Waals surface area contributed by atoms with Crippen molar-refractivity contribution in [3.8, 4) is 6.07 Å². The average molecular weight is 478 g/mol. The second kappa shape index (κ2) is 8.57. The summed E-state index contributed by atoms with van der Waals surface area (Å²) in [4.78, 5) is 0. The van der Waals surface area contributed by atoms with Crippen molar-refractivity contribution < 1.29 is 35.8 Å². The molecule has 0 bridgehead atoms. The van der Waals surface area contributed by atoms with Crippen LogP contribution in [0.2, 0.25) is 0 Å². The van der Waals surface area contributed by atoms with E-state index in [-0.39, 0.29) is 46.8 Å². The van der Waals surface area contributed by atoms with Crippen LogP contribution in [0.1, 0.15) is 28.2 Å². The monoisotopic (exact) mass is 478 g/mol. The van der Waals surface area contributed by atoms with Crippen LogP contribution < -0.4 is 5.73 Å². The van der Waals surface area contributed by atoms with Gasteiger partial charge in [-0.2, -0.15) is 31.6 Å². The molecule has 4 rings (SSSR count). The average Bonchev–Trinajstić information content (AvgIpc) is 2.78. The number of hydrogen-bond acceptors (Lipinski definition) is 4.